The van der Waals surface area contributed by atoms with Gasteiger partial charge in [0.1, 0.15) is 0 Å². The molecule has 0 amide bonds. The molecule has 8 aromatic carbocycles. The van der Waals surface area contributed by atoms with E-state index in [4.69, 9.17) is 15.0 Å². The monoisotopic (exact) mass is 661 g/mol. The van der Waals surface area contributed by atoms with Crippen LogP contribution < -0.4 is 0 Å². The summed E-state index contributed by atoms with van der Waals surface area (Å²) < 4.78 is 0. The molecule has 1 aromatic heterocycles. The third kappa shape index (κ3) is 5.19. The fourth-order valence-electron chi connectivity index (χ4n) is 7.53. The molecule has 242 valence electrons. The third-order valence-electron chi connectivity index (χ3n) is 10.1. The molecule has 1 aliphatic carbocycles. The van der Waals surface area contributed by atoms with Crippen molar-refractivity contribution in [1.29, 1.82) is 0 Å². The molecule has 0 saturated carbocycles. The fourth-order valence-corrected chi connectivity index (χ4v) is 7.53. The highest BCUT2D eigenvalue weighted by molar-refractivity contribution is 6.18. The first-order chi connectivity index (χ1) is 25.8. The van der Waals surface area contributed by atoms with Gasteiger partial charge in [-0.15, -0.1) is 0 Å². The summed E-state index contributed by atoms with van der Waals surface area (Å²) in [5.74, 6) is 1.92. The molecule has 0 radical (unpaired) electrons. The predicted molar refractivity (Wildman–Crippen MR) is 214 cm³/mol. The van der Waals surface area contributed by atoms with Gasteiger partial charge in [0, 0.05) is 16.7 Å². The maximum Gasteiger partial charge on any atom is 0.164 e. The summed E-state index contributed by atoms with van der Waals surface area (Å²) >= 11 is 0. The largest absolute Gasteiger partial charge is 0.208 e. The van der Waals surface area contributed by atoms with E-state index in [0.717, 1.165) is 33.4 Å². The first kappa shape index (κ1) is 29.9. The Labute approximate surface area is 302 Å². The lowest BCUT2D eigenvalue weighted by atomic mass is 9.93. The van der Waals surface area contributed by atoms with Gasteiger partial charge in [0.25, 0.3) is 0 Å². The third-order valence-corrected chi connectivity index (χ3v) is 10.1. The number of hydrogen-bond acceptors (Lipinski definition) is 3. The van der Waals surface area contributed by atoms with Crippen LogP contribution in [0, 0.1) is 0 Å². The maximum atomic E-state index is 5.11. The highest BCUT2D eigenvalue weighted by Crippen LogP contribution is 2.49. The standard InChI is InChI=1S/C49H31N3/c1-3-11-32(12-4-1)34-21-25-36(26-22-34)47-50-48(37-27-23-35(24-28-37)33-13-5-2-6-14-33)52-49(51-47)39-16-9-15-38(31-39)40-29-30-45-42-18-8-7-17-41(42)44-20-10-19-43(40)46(44)45/h1-31H. The van der Waals surface area contributed by atoms with E-state index < -0.39 is 0 Å². The Kier molecular flexibility index (Phi) is 7.14. The molecule has 1 aliphatic rings. The molecule has 0 unspecified atom stereocenters. The molecule has 0 aliphatic heterocycles. The van der Waals surface area contributed by atoms with Gasteiger partial charge in [-0.1, -0.05) is 182 Å². The molecular formula is C49H31N3. The molecule has 3 nitrogen and oxygen atoms in total. The van der Waals surface area contributed by atoms with Crippen molar-refractivity contribution >= 4 is 10.8 Å². The number of fused-ring (bicyclic) bond motifs is 3. The van der Waals surface area contributed by atoms with E-state index in [1.807, 2.05) is 12.1 Å². The summed E-state index contributed by atoms with van der Waals surface area (Å²) in [6.07, 6.45) is 0. The lowest BCUT2D eigenvalue weighted by Crippen LogP contribution is -2.00. The zero-order chi connectivity index (χ0) is 34.4. The van der Waals surface area contributed by atoms with Crippen LogP contribution in [-0.4, -0.2) is 15.0 Å². The predicted octanol–water partition coefficient (Wildman–Crippen LogP) is 12.7. The molecular weight excluding hydrogens is 631 g/mol. The van der Waals surface area contributed by atoms with Gasteiger partial charge in [-0.05, 0) is 72.5 Å². The van der Waals surface area contributed by atoms with Crippen LogP contribution in [0.5, 0.6) is 0 Å². The highest BCUT2D eigenvalue weighted by atomic mass is 15.0. The highest BCUT2D eigenvalue weighted by Gasteiger charge is 2.22. The van der Waals surface area contributed by atoms with E-state index in [-0.39, 0.29) is 0 Å². The lowest BCUT2D eigenvalue weighted by Gasteiger charge is -2.12. The summed E-state index contributed by atoms with van der Waals surface area (Å²) in [7, 11) is 0. The van der Waals surface area contributed by atoms with Crippen molar-refractivity contribution in [3.05, 3.63) is 188 Å². The Hall–Kier alpha value is -6.97. The van der Waals surface area contributed by atoms with Crippen LogP contribution in [-0.2, 0) is 0 Å². The van der Waals surface area contributed by atoms with Crippen LogP contribution in [0.25, 0.3) is 101 Å². The minimum atomic E-state index is 0.638. The van der Waals surface area contributed by atoms with Crippen molar-refractivity contribution in [1.82, 2.24) is 15.0 Å². The topological polar surface area (TPSA) is 38.7 Å². The smallest absolute Gasteiger partial charge is 0.164 e. The van der Waals surface area contributed by atoms with Gasteiger partial charge in [-0.3, -0.25) is 0 Å². The average molecular weight is 662 g/mol. The number of hydrogen-bond donors (Lipinski definition) is 0. The zero-order valence-corrected chi connectivity index (χ0v) is 28.2. The minimum Gasteiger partial charge on any atom is -0.208 e. The molecule has 0 spiro atoms. The van der Waals surface area contributed by atoms with E-state index in [9.17, 15) is 0 Å². The van der Waals surface area contributed by atoms with Crippen LogP contribution in [0.3, 0.4) is 0 Å². The first-order valence-corrected chi connectivity index (χ1v) is 17.6. The molecule has 9 aromatic rings. The average Bonchev–Trinajstić information content (AvgIpc) is 3.56. The van der Waals surface area contributed by atoms with Crippen LogP contribution >= 0.6 is 0 Å². The SMILES string of the molecule is c1ccc(-c2ccc(-c3nc(-c4ccc(-c5ccccc5)cc4)nc(-c4cccc(-c5ccc6c7c(cccc57)-c5ccccc5-6)c4)n3)cc2)cc1. The molecule has 0 N–H and O–H groups in total. The van der Waals surface area contributed by atoms with Crippen LogP contribution in [0.4, 0.5) is 0 Å². The number of nitrogens with zero attached hydrogens (tertiary/aromatic N) is 3. The van der Waals surface area contributed by atoms with E-state index >= 15 is 0 Å². The second-order valence-corrected chi connectivity index (χ2v) is 13.2. The summed E-state index contributed by atoms with van der Waals surface area (Å²) in [6, 6.07) is 66.3. The molecule has 10 rings (SSSR count). The van der Waals surface area contributed by atoms with Gasteiger partial charge >= 0.3 is 0 Å². The minimum absolute atomic E-state index is 0.638. The molecule has 52 heavy (non-hydrogen) atoms. The van der Waals surface area contributed by atoms with Gasteiger partial charge in [-0.25, -0.2) is 15.0 Å². The maximum absolute atomic E-state index is 5.11. The van der Waals surface area contributed by atoms with Crippen molar-refractivity contribution in [2.24, 2.45) is 0 Å². The van der Waals surface area contributed by atoms with E-state index in [2.05, 4.69) is 176 Å². The van der Waals surface area contributed by atoms with Gasteiger partial charge in [-0.2, -0.15) is 0 Å². The van der Waals surface area contributed by atoms with E-state index in [0.29, 0.717) is 17.5 Å². The quantitative estimate of drug-likeness (QED) is 0.178. The zero-order valence-electron chi connectivity index (χ0n) is 28.2. The van der Waals surface area contributed by atoms with Crippen LogP contribution in [0.1, 0.15) is 0 Å². The summed E-state index contributed by atoms with van der Waals surface area (Å²) in [6.45, 7) is 0. The molecule has 0 fully saturated rings. The Morgan fingerprint density at radius 2 is 0.615 bits per heavy atom. The van der Waals surface area contributed by atoms with Gasteiger partial charge in [0.15, 0.2) is 17.5 Å². The molecule has 3 heteroatoms. The Morgan fingerprint density at radius 3 is 1.19 bits per heavy atom. The van der Waals surface area contributed by atoms with Crippen molar-refractivity contribution in [2.75, 3.05) is 0 Å². The molecule has 0 saturated heterocycles. The normalized spacial score (nSPS) is 11.5. The van der Waals surface area contributed by atoms with E-state index in [1.165, 1.54) is 49.7 Å². The second-order valence-electron chi connectivity index (χ2n) is 13.2. The van der Waals surface area contributed by atoms with Crippen molar-refractivity contribution in [2.45, 2.75) is 0 Å². The van der Waals surface area contributed by atoms with Gasteiger partial charge in [0.05, 0.1) is 0 Å². The van der Waals surface area contributed by atoms with Crippen molar-refractivity contribution in [3.8, 4) is 89.8 Å². The van der Waals surface area contributed by atoms with Crippen molar-refractivity contribution in [3.63, 3.8) is 0 Å². The fraction of sp³-hybridized carbons (Fsp3) is 0. The Morgan fingerprint density at radius 1 is 0.231 bits per heavy atom. The number of rotatable bonds is 6. The summed E-state index contributed by atoms with van der Waals surface area (Å²) in [4.78, 5) is 15.3. The first-order valence-electron chi connectivity index (χ1n) is 17.6. The lowest BCUT2D eigenvalue weighted by molar-refractivity contribution is 1.07. The van der Waals surface area contributed by atoms with Gasteiger partial charge < -0.3 is 0 Å². The Balaban J connectivity index is 1.09. The Bertz CT molecular complexity index is 2620. The summed E-state index contributed by atoms with van der Waals surface area (Å²) in [5, 5.41) is 2.56. The molecule has 0 atom stereocenters. The van der Waals surface area contributed by atoms with Crippen LogP contribution in [0.2, 0.25) is 0 Å². The van der Waals surface area contributed by atoms with Crippen molar-refractivity contribution < 1.29 is 0 Å². The van der Waals surface area contributed by atoms with Crippen LogP contribution in [0.15, 0.2) is 188 Å². The van der Waals surface area contributed by atoms with Gasteiger partial charge in [0.2, 0.25) is 0 Å². The second kappa shape index (κ2) is 12.4. The molecule has 0 bridgehead atoms. The molecule has 1 heterocycles. The number of aromatic nitrogens is 3. The van der Waals surface area contributed by atoms with E-state index in [1.54, 1.807) is 0 Å². The number of benzene rings is 8. The summed E-state index contributed by atoms with van der Waals surface area (Å²) in [5.41, 5.74) is 15.0.